The van der Waals surface area contributed by atoms with Gasteiger partial charge in [-0.05, 0) is 44.0 Å². The third-order valence-electron chi connectivity index (χ3n) is 3.68. The molecule has 21 heavy (non-hydrogen) atoms. The molecule has 0 aliphatic carbocycles. The molecule has 0 bridgehead atoms. The van der Waals surface area contributed by atoms with Gasteiger partial charge in [0.1, 0.15) is 0 Å². The fraction of sp³-hybridized carbons (Fsp3) is 0.312. The number of hydrogen-bond donors (Lipinski definition) is 1. The Balaban J connectivity index is 2.32. The molecule has 0 aliphatic rings. The Hall–Kier alpha value is -2.43. The summed E-state index contributed by atoms with van der Waals surface area (Å²) >= 11 is 0. The summed E-state index contributed by atoms with van der Waals surface area (Å²) in [5.41, 5.74) is 4.65. The summed E-state index contributed by atoms with van der Waals surface area (Å²) in [5.74, 6) is 0. The van der Waals surface area contributed by atoms with Crippen LogP contribution in [0.25, 0.3) is 22.2 Å². The molecule has 0 atom stereocenters. The summed E-state index contributed by atoms with van der Waals surface area (Å²) in [7, 11) is 0. The highest BCUT2D eigenvalue weighted by atomic mass is 16.1. The van der Waals surface area contributed by atoms with Crippen LogP contribution in [0.5, 0.6) is 0 Å². The Morgan fingerprint density at radius 3 is 2.76 bits per heavy atom. The number of nitrogens with one attached hydrogen (secondary N) is 1. The van der Waals surface area contributed by atoms with Crippen LogP contribution in [-0.4, -0.2) is 19.7 Å². The van der Waals surface area contributed by atoms with Crippen LogP contribution in [-0.2, 0) is 13.0 Å². The van der Waals surface area contributed by atoms with Gasteiger partial charge in [-0.15, -0.1) is 0 Å². The molecule has 3 aromatic rings. The lowest BCUT2D eigenvalue weighted by atomic mass is 10.0. The molecular formula is C16H18N4O. The molecule has 0 spiro atoms. The molecule has 0 unspecified atom stereocenters. The molecule has 0 aromatic carbocycles. The summed E-state index contributed by atoms with van der Waals surface area (Å²) in [4.78, 5) is 21.0. The van der Waals surface area contributed by atoms with Crippen molar-refractivity contribution in [1.82, 2.24) is 19.7 Å². The molecular weight excluding hydrogens is 264 g/mol. The average Bonchev–Trinajstić information content (AvgIpc) is 2.81. The van der Waals surface area contributed by atoms with Crippen molar-refractivity contribution in [1.29, 1.82) is 0 Å². The van der Waals surface area contributed by atoms with E-state index in [4.69, 9.17) is 4.98 Å². The monoisotopic (exact) mass is 282 g/mol. The third kappa shape index (κ3) is 2.24. The van der Waals surface area contributed by atoms with E-state index in [1.807, 2.05) is 32.0 Å². The molecule has 5 nitrogen and oxygen atoms in total. The maximum absolute atomic E-state index is 12.1. The van der Waals surface area contributed by atoms with E-state index in [9.17, 15) is 4.79 Å². The molecule has 3 aromatic heterocycles. The van der Waals surface area contributed by atoms with Crippen LogP contribution in [0.1, 0.15) is 25.2 Å². The lowest BCUT2D eigenvalue weighted by molar-refractivity contribution is 0.668. The summed E-state index contributed by atoms with van der Waals surface area (Å²) in [6.07, 6.45) is 2.60. The predicted octanol–water partition coefficient (Wildman–Crippen LogP) is 2.68. The van der Waals surface area contributed by atoms with Crippen molar-refractivity contribution >= 4 is 11.0 Å². The second-order valence-electron chi connectivity index (χ2n) is 5.08. The summed E-state index contributed by atoms with van der Waals surface area (Å²) in [5, 5.41) is 3.47. The van der Waals surface area contributed by atoms with E-state index in [1.165, 1.54) is 0 Å². The number of pyridine rings is 2. The standard InChI is InChI=1S/C16H18N4O/c1-4-14-12(11-6-7-17-10(3)8-11)9-13-15(18-14)20(5-2)19-16(13)21/h6-9H,4-5H2,1-3H3,(H,19,21). The van der Waals surface area contributed by atoms with Gasteiger partial charge in [-0.3, -0.25) is 19.6 Å². The van der Waals surface area contributed by atoms with Crippen LogP contribution in [0.15, 0.2) is 29.2 Å². The van der Waals surface area contributed by atoms with Gasteiger partial charge in [0.15, 0.2) is 5.65 Å². The molecule has 3 heterocycles. The molecule has 0 aliphatic heterocycles. The smallest absolute Gasteiger partial charge is 0.268 e. The van der Waals surface area contributed by atoms with Crippen LogP contribution >= 0.6 is 0 Å². The largest absolute Gasteiger partial charge is 0.273 e. The van der Waals surface area contributed by atoms with Crippen molar-refractivity contribution in [3.05, 3.63) is 46.1 Å². The number of fused-ring (bicyclic) bond motifs is 1. The minimum absolute atomic E-state index is 0.0889. The van der Waals surface area contributed by atoms with Gasteiger partial charge < -0.3 is 0 Å². The topological polar surface area (TPSA) is 63.6 Å². The zero-order valence-electron chi connectivity index (χ0n) is 12.5. The Morgan fingerprint density at radius 1 is 1.29 bits per heavy atom. The maximum atomic E-state index is 12.1. The first-order valence-corrected chi connectivity index (χ1v) is 7.19. The number of aromatic nitrogens is 4. The predicted molar refractivity (Wildman–Crippen MR) is 83.4 cm³/mol. The third-order valence-corrected chi connectivity index (χ3v) is 3.68. The van der Waals surface area contributed by atoms with E-state index in [0.717, 1.165) is 34.6 Å². The van der Waals surface area contributed by atoms with Gasteiger partial charge in [-0.2, -0.15) is 0 Å². The first-order chi connectivity index (χ1) is 10.1. The first-order valence-electron chi connectivity index (χ1n) is 7.19. The number of aromatic amines is 1. The quantitative estimate of drug-likeness (QED) is 0.803. The van der Waals surface area contributed by atoms with Gasteiger partial charge in [0.2, 0.25) is 0 Å². The highest BCUT2D eigenvalue weighted by Gasteiger charge is 2.13. The van der Waals surface area contributed by atoms with Crippen molar-refractivity contribution < 1.29 is 0 Å². The molecule has 0 amide bonds. The van der Waals surface area contributed by atoms with E-state index >= 15 is 0 Å². The van der Waals surface area contributed by atoms with Gasteiger partial charge in [0.05, 0.1) is 11.1 Å². The first kappa shape index (κ1) is 13.5. The number of hydrogen-bond acceptors (Lipinski definition) is 3. The van der Waals surface area contributed by atoms with Crippen LogP contribution in [0, 0.1) is 6.92 Å². The van der Waals surface area contributed by atoms with E-state index in [2.05, 4.69) is 17.0 Å². The fourth-order valence-corrected chi connectivity index (χ4v) is 2.61. The Bertz CT molecular complexity index is 860. The van der Waals surface area contributed by atoms with Crippen molar-refractivity contribution in [3.8, 4) is 11.1 Å². The molecule has 0 fully saturated rings. The summed E-state index contributed by atoms with van der Waals surface area (Å²) < 4.78 is 1.79. The SMILES string of the molecule is CCc1nc2c(cc1-c1ccnc(C)c1)c(=O)[nH]n2CC. The minimum Gasteiger partial charge on any atom is -0.268 e. The van der Waals surface area contributed by atoms with Crippen LogP contribution in [0.4, 0.5) is 0 Å². The summed E-state index contributed by atoms with van der Waals surface area (Å²) in [6.45, 7) is 6.72. The minimum atomic E-state index is -0.0889. The van der Waals surface area contributed by atoms with E-state index in [1.54, 1.807) is 10.9 Å². The highest BCUT2D eigenvalue weighted by molar-refractivity contribution is 5.82. The highest BCUT2D eigenvalue weighted by Crippen LogP contribution is 2.26. The van der Waals surface area contributed by atoms with Crippen LogP contribution in [0.3, 0.4) is 0 Å². The second-order valence-corrected chi connectivity index (χ2v) is 5.08. The van der Waals surface area contributed by atoms with E-state index in [0.29, 0.717) is 11.9 Å². The fourth-order valence-electron chi connectivity index (χ4n) is 2.61. The molecule has 0 radical (unpaired) electrons. The number of rotatable bonds is 3. The van der Waals surface area contributed by atoms with Crippen molar-refractivity contribution in [2.24, 2.45) is 0 Å². The van der Waals surface area contributed by atoms with Gasteiger partial charge in [0, 0.05) is 24.0 Å². The van der Waals surface area contributed by atoms with Gasteiger partial charge >= 0.3 is 0 Å². The molecule has 1 N–H and O–H groups in total. The van der Waals surface area contributed by atoms with Crippen LogP contribution < -0.4 is 5.56 Å². The van der Waals surface area contributed by atoms with Crippen molar-refractivity contribution in [2.75, 3.05) is 0 Å². The second kappa shape index (κ2) is 5.16. The van der Waals surface area contributed by atoms with Crippen LogP contribution in [0.2, 0.25) is 0 Å². The molecule has 5 heteroatoms. The normalized spacial score (nSPS) is 11.2. The molecule has 0 saturated carbocycles. The Kier molecular flexibility index (Phi) is 3.33. The molecule has 108 valence electrons. The zero-order valence-corrected chi connectivity index (χ0v) is 12.5. The van der Waals surface area contributed by atoms with Crippen molar-refractivity contribution in [3.63, 3.8) is 0 Å². The van der Waals surface area contributed by atoms with Gasteiger partial charge in [-0.25, -0.2) is 4.98 Å². The van der Waals surface area contributed by atoms with E-state index in [-0.39, 0.29) is 5.56 Å². The van der Waals surface area contributed by atoms with Gasteiger partial charge in [0.25, 0.3) is 5.56 Å². The molecule has 0 saturated heterocycles. The Morgan fingerprint density at radius 2 is 2.10 bits per heavy atom. The summed E-state index contributed by atoms with van der Waals surface area (Å²) in [6, 6.07) is 5.92. The Labute approximate surface area is 122 Å². The van der Waals surface area contributed by atoms with E-state index < -0.39 is 0 Å². The number of H-pyrrole nitrogens is 1. The maximum Gasteiger partial charge on any atom is 0.273 e. The lowest BCUT2D eigenvalue weighted by Gasteiger charge is -2.09. The average molecular weight is 282 g/mol. The molecule has 3 rings (SSSR count). The zero-order chi connectivity index (χ0) is 15.0. The van der Waals surface area contributed by atoms with Crippen molar-refractivity contribution in [2.45, 2.75) is 33.7 Å². The lowest BCUT2D eigenvalue weighted by Crippen LogP contribution is -2.03. The number of nitrogens with zero attached hydrogens (tertiary/aromatic N) is 3. The number of aryl methyl sites for hydroxylation is 3. The van der Waals surface area contributed by atoms with Gasteiger partial charge in [-0.1, -0.05) is 6.92 Å².